The van der Waals surface area contributed by atoms with E-state index in [-0.39, 0.29) is 17.5 Å². The van der Waals surface area contributed by atoms with E-state index < -0.39 is 5.97 Å². The molecule has 0 spiro atoms. The second-order valence-corrected chi connectivity index (χ2v) is 5.96. The van der Waals surface area contributed by atoms with Crippen LogP contribution in [0.5, 0.6) is 0 Å². The lowest BCUT2D eigenvalue weighted by molar-refractivity contribution is -0.121. The van der Waals surface area contributed by atoms with Crippen molar-refractivity contribution >= 4 is 11.9 Å². The number of carboxylic acid groups (broad SMARTS) is 1. The van der Waals surface area contributed by atoms with E-state index in [0.29, 0.717) is 19.5 Å². The Balaban J connectivity index is 1.86. The summed E-state index contributed by atoms with van der Waals surface area (Å²) in [4.78, 5) is 25.4. The van der Waals surface area contributed by atoms with Crippen LogP contribution in [-0.2, 0) is 11.3 Å². The minimum Gasteiger partial charge on any atom is -0.478 e. The van der Waals surface area contributed by atoms with Crippen LogP contribution in [0.25, 0.3) is 0 Å². The number of carbonyl (C=O) groups is 2. The van der Waals surface area contributed by atoms with E-state index in [1.165, 1.54) is 0 Å². The Labute approximate surface area is 140 Å². The fourth-order valence-corrected chi connectivity index (χ4v) is 3.10. The summed E-state index contributed by atoms with van der Waals surface area (Å²) in [7, 11) is 0. The highest BCUT2D eigenvalue weighted by molar-refractivity contribution is 5.87. The second kappa shape index (κ2) is 7.27. The summed E-state index contributed by atoms with van der Waals surface area (Å²) in [6, 6.07) is 16.9. The summed E-state index contributed by atoms with van der Waals surface area (Å²) in [5, 5.41) is 12.1. The van der Waals surface area contributed by atoms with E-state index in [4.69, 9.17) is 5.11 Å². The number of carboxylic acids is 1. The van der Waals surface area contributed by atoms with Crippen molar-refractivity contribution in [2.45, 2.75) is 19.0 Å². The number of aromatic carboxylic acids is 1. The van der Waals surface area contributed by atoms with Crippen LogP contribution in [0.2, 0.25) is 0 Å². The lowest BCUT2D eigenvalue weighted by Gasteiger charge is -2.29. The molecule has 5 heteroatoms. The molecule has 2 aromatic carbocycles. The predicted octanol–water partition coefficient (Wildman–Crippen LogP) is 2.45. The third-order valence-corrected chi connectivity index (χ3v) is 4.28. The zero-order valence-corrected chi connectivity index (χ0v) is 13.3. The van der Waals surface area contributed by atoms with Crippen molar-refractivity contribution in [1.29, 1.82) is 0 Å². The largest absolute Gasteiger partial charge is 0.478 e. The molecule has 1 amide bonds. The van der Waals surface area contributed by atoms with Gasteiger partial charge >= 0.3 is 5.97 Å². The summed E-state index contributed by atoms with van der Waals surface area (Å²) in [6.45, 7) is 1.93. The zero-order chi connectivity index (χ0) is 16.9. The Morgan fingerprint density at radius 1 is 1.17 bits per heavy atom. The van der Waals surface area contributed by atoms with Gasteiger partial charge in [-0.2, -0.15) is 0 Å². The van der Waals surface area contributed by atoms with Gasteiger partial charge in [0.15, 0.2) is 0 Å². The normalized spacial score (nSPS) is 18.7. The predicted molar refractivity (Wildman–Crippen MR) is 90.6 cm³/mol. The fraction of sp³-hybridized carbons (Fsp3) is 0.263. The Morgan fingerprint density at radius 2 is 1.96 bits per heavy atom. The van der Waals surface area contributed by atoms with Crippen molar-refractivity contribution in [3.63, 3.8) is 0 Å². The van der Waals surface area contributed by atoms with Crippen LogP contribution in [0.15, 0.2) is 54.6 Å². The van der Waals surface area contributed by atoms with Gasteiger partial charge in [-0.15, -0.1) is 0 Å². The summed E-state index contributed by atoms with van der Waals surface area (Å²) >= 11 is 0. The van der Waals surface area contributed by atoms with Gasteiger partial charge in [-0.05, 0) is 23.3 Å². The van der Waals surface area contributed by atoms with Gasteiger partial charge in [-0.1, -0.05) is 42.5 Å². The van der Waals surface area contributed by atoms with Gasteiger partial charge in [0.05, 0.1) is 5.56 Å². The Morgan fingerprint density at radius 3 is 2.71 bits per heavy atom. The van der Waals surface area contributed by atoms with Crippen LogP contribution in [0, 0.1) is 0 Å². The molecule has 2 aromatic rings. The van der Waals surface area contributed by atoms with Crippen molar-refractivity contribution in [2.75, 3.05) is 13.1 Å². The summed E-state index contributed by atoms with van der Waals surface area (Å²) < 4.78 is 0. The number of nitrogens with one attached hydrogen (secondary N) is 1. The van der Waals surface area contributed by atoms with Crippen molar-refractivity contribution in [3.8, 4) is 0 Å². The molecule has 0 radical (unpaired) electrons. The Kier molecular flexibility index (Phi) is 4.91. The van der Waals surface area contributed by atoms with Crippen LogP contribution in [0.4, 0.5) is 0 Å². The Hall–Kier alpha value is -2.66. The summed E-state index contributed by atoms with van der Waals surface area (Å²) in [5.41, 5.74) is 2.32. The topological polar surface area (TPSA) is 69.6 Å². The number of hydrogen-bond acceptors (Lipinski definition) is 3. The Bertz CT molecular complexity index is 730. The van der Waals surface area contributed by atoms with Crippen molar-refractivity contribution < 1.29 is 14.7 Å². The average Bonchev–Trinajstić information content (AvgIpc) is 2.77. The van der Waals surface area contributed by atoms with E-state index >= 15 is 0 Å². The molecule has 1 aliphatic heterocycles. The smallest absolute Gasteiger partial charge is 0.335 e. The number of rotatable bonds is 4. The maximum Gasteiger partial charge on any atom is 0.335 e. The molecule has 0 aromatic heterocycles. The molecule has 1 aliphatic rings. The van der Waals surface area contributed by atoms with Gasteiger partial charge < -0.3 is 10.4 Å². The highest BCUT2D eigenvalue weighted by Gasteiger charge is 2.26. The lowest BCUT2D eigenvalue weighted by Crippen LogP contribution is -2.30. The van der Waals surface area contributed by atoms with E-state index in [1.807, 2.05) is 36.4 Å². The first-order valence-corrected chi connectivity index (χ1v) is 8.01. The molecule has 1 saturated heterocycles. The third-order valence-electron chi connectivity index (χ3n) is 4.28. The van der Waals surface area contributed by atoms with Crippen LogP contribution in [0.1, 0.15) is 33.9 Å². The molecule has 3 rings (SSSR count). The minimum absolute atomic E-state index is 0.0119. The van der Waals surface area contributed by atoms with Crippen molar-refractivity contribution in [1.82, 2.24) is 10.2 Å². The molecule has 0 bridgehead atoms. The molecule has 1 unspecified atom stereocenters. The van der Waals surface area contributed by atoms with E-state index in [1.54, 1.807) is 18.2 Å². The maximum absolute atomic E-state index is 12.0. The molecular weight excluding hydrogens is 304 g/mol. The quantitative estimate of drug-likeness (QED) is 0.906. The molecule has 24 heavy (non-hydrogen) atoms. The molecular formula is C19H20N2O3. The molecule has 0 saturated carbocycles. The minimum atomic E-state index is -0.927. The highest BCUT2D eigenvalue weighted by Crippen LogP contribution is 2.27. The van der Waals surface area contributed by atoms with Gasteiger partial charge in [-0.3, -0.25) is 9.69 Å². The number of carbonyl (C=O) groups excluding carboxylic acids is 1. The van der Waals surface area contributed by atoms with E-state index in [0.717, 1.165) is 17.7 Å². The monoisotopic (exact) mass is 324 g/mol. The number of benzene rings is 2. The van der Waals surface area contributed by atoms with Gasteiger partial charge in [0.1, 0.15) is 0 Å². The van der Waals surface area contributed by atoms with Gasteiger partial charge in [0.25, 0.3) is 0 Å². The molecule has 1 atom stereocenters. The van der Waals surface area contributed by atoms with Gasteiger partial charge in [0, 0.05) is 32.1 Å². The van der Waals surface area contributed by atoms with Crippen LogP contribution >= 0.6 is 0 Å². The van der Waals surface area contributed by atoms with Crippen LogP contribution in [0.3, 0.4) is 0 Å². The van der Waals surface area contributed by atoms with Crippen LogP contribution in [-0.4, -0.2) is 35.0 Å². The summed E-state index contributed by atoms with van der Waals surface area (Å²) in [6.07, 6.45) is 0.405. The third kappa shape index (κ3) is 3.81. The number of hydrogen-bond donors (Lipinski definition) is 2. The molecule has 0 aliphatic carbocycles. The number of nitrogens with zero attached hydrogens (tertiary/aromatic N) is 1. The van der Waals surface area contributed by atoms with Crippen molar-refractivity contribution in [2.24, 2.45) is 0 Å². The molecule has 2 N–H and O–H groups in total. The molecule has 5 nitrogen and oxygen atoms in total. The maximum atomic E-state index is 12.0. The lowest BCUT2D eigenvalue weighted by atomic mass is 10.0. The number of amides is 1. The molecule has 1 fully saturated rings. The van der Waals surface area contributed by atoms with Crippen molar-refractivity contribution in [3.05, 3.63) is 71.3 Å². The van der Waals surface area contributed by atoms with Gasteiger partial charge in [0.2, 0.25) is 5.91 Å². The van der Waals surface area contributed by atoms with E-state index in [2.05, 4.69) is 10.2 Å². The van der Waals surface area contributed by atoms with Crippen LogP contribution < -0.4 is 5.32 Å². The zero-order valence-electron chi connectivity index (χ0n) is 13.3. The fourth-order valence-electron chi connectivity index (χ4n) is 3.10. The first-order chi connectivity index (χ1) is 11.6. The summed E-state index contributed by atoms with van der Waals surface area (Å²) in [5.74, 6) is -0.880. The first kappa shape index (κ1) is 16.2. The van der Waals surface area contributed by atoms with Gasteiger partial charge in [-0.25, -0.2) is 4.79 Å². The standard InChI is InChI=1S/C19H20N2O3/c22-18-12-17(15-6-2-1-3-7-15)21(10-9-20-18)13-14-5-4-8-16(11-14)19(23)24/h1-8,11,17H,9-10,12-13H2,(H,20,22)(H,23,24). The molecule has 124 valence electrons. The first-order valence-electron chi connectivity index (χ1n) is 8.01. The SMILES string of the molecule is O=C1CC(c2ccccc2)N(Cc2cccc(C(=O)O)c2)CCN1. The highest BCUT2D eigenvalue weighted by atomic mass is 16.4. The van der Waals surface area contributed by atoms with E-state index in [9.17, 15) is 9.59 Å². The second-order valence-electron chi connectivity index (χ2n) is 5.96. The average molecular weight is 324 g/mol. The molecule has 1 heterocycles.